The number of nitrogens with one attached hydrogen (secondary N) is 2. The summed E-state index contributed by atoms with van der Waals surface area (Å²) in [6.07, 6.45) is 0. The van der Waals surface area contributed by atoms with Gasteiger partial charge in [0.05, 0.1) is 46.6 Å². The minimum absolute atomic E-state index is 0.0112. The number of nitrogens with zero attached hydrogens (tertiary/aromatic N) is 2. The Balaban J connectivity index is 2.05. The van der Waals surface area contributed by atoms with Crippen molar-refractivity contribution in [3.63, 3.8) is 0 Å². The molecule has 174 valence electrons. The molecule has 0 aromatic heterocycles. The quantitative estimate of drug-likeness (QED) is 0.501. The Labute approximate surface area is 193 Å². The molecule has 0 aliphatic carbocycles. The van der Waals surface area contributed by atoms with E-state index in [0.29, 0.717) is 0 Å². The zero-order chi connectivity index (χ0) is 25.1. The monoisotopic (exact) mass is 504 g/mol. The van der Waals surface area contributed by atoms with Crippen LogP contribution in [0.5, 0.6) is 5.75 Å². The van der Waals surface area contributed by atoms with Crippen molar-refractivity contribution >= 4 is 31.4 Å². The molecule has 3 aromatic carbocycles. The number of hydrogen-bond donors (Lipinski definition) is 2. The Hall–Kier alpha value is -4.20. The molecule has 3 aromatic rings. The molecule has 0 aliphatic heterocycles. The maximum Gasteiger partial charge on any atom is 0.265 e. The lowest BCUT2D eigenvalue weighted by atomic mass is 10.2. The minimum Gasteiger partial charge on any atom is -0.495 e. The third kappa shape index (κ3) is 5.06. The van der Waals surface area contributed by atoms with Gasteiger partial charge in [-0.05, 0) is 54.6 Å². The molecule has 0 fully saturated rings. The van der Waals surface area contributed by atoms with E-state index in [4.69, 9.17) is 15.3 Å². The smallest absolute Gasteiger partial charge is 0.265 e. The summed E-state index contributed by atoms with van der Waals surface area (Å²) >= 11 is 0. The van der Waals surface area contributed by atoms with Crippen molar-refractivity contribution < 1.29 is 30.4 Å². The standard InChI is InChI=1S/C21H14F2N4O5S2/c1-32-20-7-4-15(33(28,29)26-18-8-13(11-24)2-5-16(18)22)10-21(20)34(30,31)27-19-9-14(12-25)3-6-17(19)23/h2-10,26-27H,1H3. The van der Waals surface area contributed by atoms with Gasteiger partial charge in [-0.15, -0.1) is 0 Å². The minimum atomic E-state index is -4.61. The summed E-state index contributed by atoms with van der Waals surface area (Å²) in [5, 5.41) is 17.9. The largest absolute Gasteiger partial charge is 0.495 e. The Morgan fingerprint density at radius 1 is 0.765 bits per heavy atom. The van der Waals surface area contributed by atoms with E-state index in [1.807, 2.05) is 9.44 Å². The van der Waals surface area contributed by atoms with Crippen LogP contribution in [0.15, 0.2) is 64.4 Å². The van der Waals surface area contributed by atoms with Crippen LogP contribution in [0.2, 0.25) is 0 Å². The van der Waals surface area contributed by atoms with Gasteiger partial charge < -0.3 is 4.74 Å². The highest BCUT2D eigenvalue weighted by atomic mass is 32.2. The average Bonchev–Trinajstić information content (AvgIpc) is 2.81. The highest BCUT2D eigenvalue weighted by Crippen LogP contribution is 2.30. The summed E-state index contributed by atoms with van der Waals surface area (Å²) in [5.74, 6) is -2.20. The summed E-state index contributed by atoms with van der Waals surface area (Å²) < 4.78 is 88.6. The predicted octanol–water partition coefficient (Wildman–Crippen LogP) is 3.32. The Morgan fingerprint density at radius 2 is 1.26 bits per heavy atom. The number of ether oxygens (including phenoxy) is 1. The average molecular weight is 504 g/mol. The second-order valence-electron chi connectivity index (χ2n) is 6.64. The molecule has 34 heavy (non-hydrogen) atoms. The first-order valence-corrected chi connectivity index (χ1v) is 12.1. The van der Waals surface area contributed by atoms with Crippen molar-refractivity contribution in [2.45, 2.75) is 9.79 Å². The number of methoxy groups -OCH3 is 1. The second-order valence-corrected chi connectivity index (χ2v) is 9.97. The van der Waals surface area contributed by atoms with Crippen molar-refractivity contribution in [1.82, 2.24) is 0 Å². The van der Waals surface area contributed by atoms with E-state index < -0.39 is 52.8 Å². The number of hydrogen-bond acceptors (Lipinski definition) is 7. The van der Waals surface area contributed by atoms with E-state index in [-0.39, 0.29) is 16.9 Å². The van der Waals surface area contributed by atoms with Crippen molar-refractivity contribution in [2.75, 3.05) is 16.6 Å². The molecule has 0 unspecified atom stereocenters. The number of benzene rings is 3. The number of nitriles is 2. The SMILES string of the molecule is COc1ccc(S(=O)(=O)Nc2cc(C#N)ccc2F)cc1S(=O)(=O)Nc1cc(C#N)ccc1F. The van der Waals surface area contributed by atoms with Gasteiger partial charge in [-0.1, -0.05) is 0 Å². The summed E-state index contributed by atoms with van der Waals surface area (Å²) in [6, 6.07) is 12.3. The van der Waals surface area contributed by atoms with Crippen molar-refractivity contribution in [3.8, 4) is 17.9 Å². The molecule has 0 bridgehead atoms. The van der Waals surface area contributed by atoms with Gasteiger partial charge in [-0.3, -0.25) is 9.44 Å². The van der Waals surface area contributed by atoms with Crippen LogP contribution in [0, 0.1) is 34.3 Å². The number of anilines is 2. The van der Waals surface area contributed by atoms with E-state index in [1.54, 1.807) is 12.1 Å². The molecule has 0 heterocycles. The van der Waals surface area contributed by atoms with E-state index in [1.165, 1.54) is 0 Å². The van der Waals surface area contributed by atoms with Gasteiger partial charge >= 0.3 is 0 Å². The Bertz CT molecular complexity index is 1580. The summed E-state index contributed by atoms with van der Waals surface area (Å²) in [7, 11) is -8.00. The zero-order valence-corrected chi connectivity index (χ0v) is 18.8. The topological polar surface area (TPSA) is 149 Å². The number of sulfonamides is 2. The fraction of sp³-hybridized carbons (Fsp3) is 0.0476. The fourth-order valence-corrected chi connectivity index (χ4v) is 5.20. The lowest BCUT2D eigenvalue weighted by molar-refractivity contribution is 0.402. The van der Waals surface area contributed by atoms with Crippen LogP contribution in [0.25, 0.3) is 0 Å². The summed E-state index contributed by atoms with van der Waals surface area (Å²) in [5.41, 5.74) is -1.09. The van der Waals surface area contributed by atoms with Crippen LogP contribution >= 0.6 is 0 Å². The second kappa shape index (κ2) is 9.35. The maximum absolute atomic E-state index is 14.1. The molecular weight excluding hydrogens is 490 g/mol. The summed E-state index contributed by atoms with van der Waals surface area (Å²) in [6.45, 7) is 0. The van der Waals surface area contributed by atoms with E-state index in [0.717, 1.165) is 61.7 Å². The highest BCUT2D eigenvalue weighted by molar-refractivity contribution is 7.93. The number of rotatable bonds is 7. The third-order valence-corrected chi connectivity index (χ3v) is 7.16. The predicted molar refractivity (Wildman–Crippen MR) is 117 cm³/mol. The Kier molecular flexibility index (Phi) is 6.72. The molecule has 3 rings (SSSR count). The van der Waals surface area contributed by atoms with Crippen molar-refractivity contribution in [1.29, 1.82) is 10.5 Å². The van der Waals surface area contributed by atoms with Crippen LogP contribution in [-0.4, -0.2) is 23.9 Å². The van der Waals surface area contributed by atoms with Crippen LogP contribution in [0.4, 0.5) is 20.2 Å². The maximum atomic E-state index is 14.1. The van der Waals surface area contributed by atoms with Gasteiger partial charge in [0.1, 0.15) is 22.3 Å². The zero-order valence-electron chi connectivity index (χ0n) is 17.2. The van der Waals surface area contributed by atoms with Gasteiger partial charge in [0.25, 0.3) is 20.0 Å². The molecule has 0 saturated carbocycles. The first-order valence-electron chi connectivity index (χ1n) is 9.13. The molecule has 0 spiro atoms. The number of halogens is 2. The first kappa shape index (κ1) is 24.4. The van der Waals surface area contributed by atoms with Gasteiger partial charge in [-0.25, -0.2) is 25.6 Å². The Morgan fingerprint density at radius 3 is 1.74 bits per heavy atom. The summed E-state index contributed by atoms with van der Waals surface area (Å²) in [4.78, 5) is -1.24. The van der Waals surface area contributed by atoms with Gasteiger partial charge in [0.2, 0.25) is 0 Å². The highest BCUT2D eigenvalue weighted by Gasteiger charge is 2.26. The molecule has 0 atom stereocenters. The van der Waals surface area contributed by atoms with Crippen molar-refractivity contribution in [3.05, 3.63) is 77.4 Å². The van der Waals surface area contributed by atoms with Gasteiger partial charge in [0.15, 0.2) is 0 Å². The molecule has 9 nitrogen and oxygen atoms in total. The van der Waals surface area contributed by atoms with Crippen LogP contribution in [0.1, 0.15) is 11.1 Å². The lowest BCUT2D eigenvalue weighted by Gasteiger charge is -2.15. The molecule has 13 heteroatoms. The van der Waals surface area contributed by atoms with E-state index in [2.05, 4.69) is 0 Å². The fourth-order valence-electron chi connectivity index (χ4n) is 2.78. The molecular formula is C21H14F2N4O5S2. The molecule has 0 amide bonds. The molecule has 0 radical (unpaired) electrons. The molecule has 0 aliphatic rings. The third-order valence-electron chi connectivity index (χ3n) is 4.41. The lowest BCUT2D eigenvalue weighted by Crippen LogP contribution is -2.18. The van der Waals surface area contributed by atoms with Gasteiger partial charge in [0, 0.05) is 0 Å². The first-order chi connectivity index (χ1) is 16.0. The van der Waals surface area contributed by atoms with Crippen LogP contribution < -0.4 is 14.2 Å². The van der Waals surface area contributed by atoms with Crippen LogP contribution in [-0.2, 0) is 20.0 Å². The van der Waals surface area contributed by atoms with Crippen molar-refractivity contribution in [2.24, 2.45) is 0 Å². The molecule has 0 saturated heterocycles. The van der Waals surface area contributed by atoms with E-state index in [9.17, 15) is 25.6 Å². The van der Waals surface area contributed by atoms with Crippen LogP contribution in [0.3, 0.4) is 0 Å². The normalized spacial score (nSPS) is 11.2. The van der Waals surface area contributed by atoms with Gasteiger partial charge in [-0.2, -0.15) is 10.5 Å². The molecule has 2 N–H and O–H groups in total. The van der Waals surface area contributed by atoms with E-state index >= 15 is 0 Å².